The van der Waals surface area contributed by atoms with Crippen LogP contribution in [0.4, 0.5) is 0 Å². The lowest BCUT2D eigenvalue weighted by Crippen LogP contribution is -2.31. The summed E-state index contributed by atoms with van der Waals surface area (Å²) < 4.78 is 9.73. The number of benzene rings is 1. The van der Waals surface area contributed by atoms with Crippen molar-refractivity contribution in [2.75, 3.05) is 13.2 Å². The van der Waals surface area contributed by atoms with Gasteiger partial charge in [-0.25, -0.2) is 9.97 Å². The van der Waals surface area contributed by atoms with Gasteiger partial charge in [-0.2, -0.15) is 0 Å². The van der Waals surface area contributed by atoms with E-state index >= 15 is 0 Å². The molecule has 9 nitrogen and oxygen atoms in total. The van der Waals surface area contributed by atoms with Gasteiger partial charge in [-0.05, 0) is 56.0 Å². The lowest BCUT2D eigenvalue weighted by Gasteiger charge is -2.25. The Morgan fingerprint density at radius 2 is 1.92 bits per heavy atom. The topological polar surface area (TPSA) is 102 Å². The molecule has 1 fully saturated rings. The smallest absolute Gasteiger partial charge is 0.295 e. The molecule has 0 radical (unpaired) electrons. The average Bonchev–Trinajstić information content (AvgIpc) is 3.63. The first kappa shape index (κ1) is 26.2. The number of unbranched alkanes of at least 4 members (excludes halogenated alkanes) is 1. The van der Waals surface area contributed by atoms with Crippen LogP contribution in [0.2, 0.25) is 0 Å². The van der Waals surface area contributed by atoms with Gasteiger partial charge in [0.25, 0.3) is 11.7 Å². The fraction of sp³-hybridized carbons (Fsp3) is 0.333. The molecule has 202 valence electrons. The van der Waals surface area contributed by atoms with Crippen LogP contribution in [0.25, 0.3) is 11.4 Å². The number of likely N-dealkylation sites (tertiary alicyclic amines) is 1. The van der Waals surface area contributed by atoms with Crippen molar-refractivity contribution in [2.24, 2.45) is 0 Å². The summed E-state index contributed by atoms with van der Waals surface area (Å²) in [6, 6.07) is 10.5. The Balaban J connectivity index is 1.58. The highest BCUT2D eigenvalue weighted by atomic mass is 16.5. The summed E-state index contributed by atoms with van der Waals surface area (Å²) in [6.45, 7) is 7.42. The molecule has 1 aliphatic rings. The lowest BCUT2D eigenvalue weighted by molar-refractivity contribution is -0.139. The Labute approximate surface area is 227 Å². The van der Waals surface area contributed by atoms with E-state index in [0.29, 0.717) is 54.5 Å². The Hall–Kier alpha value is -4.40. The van der Waals surface area contributed by atoms with Crippen LogP contribution < -0.4 is 4.74 Å². The molecule has 0 aliphatic carbocycles. The van der Waals surface area contributed by atoms with Crippen molar-refractivity contribution in [2.45, 2.75) is 52.6 Å². The molecular weight excluding hydrogens is 494 g/mol. The number of carbonyl (C=O) groups is 2. The zero-order valence-electron chi connectivity index (χ0n) is 22.5. The van der Waals surface area contributed by atoms with E-state index < -0.39 is 17.7 Å². The lowest BCUT2D eigenvalue weighted by atomic mass is 9.96. The maximum Gasteiger partial charge on any atom is 0.295 e. The third-order valence-electron chi connectivity index (χ3n) is 7.16. The molecule has 5 rings (SSSR count). The summed E-state index contributed by atoms with van der Waals surface area (Å²) in [7, 11) is 0. The number of aliphatic hydroxyl groups is 1. The van der Waals surface area contributed by atoms with Crippen molar-refractivity contribution < 1.29 is 19.4 Å². The number of rotatable bonds is 10. The fourth-order valence-electron chi connectivity index (χ4n) is 5.08. The number of aromatic nitrogens is 4. The highest BCUT2D eigenvalue weighted by Crippen LogP contribution is 2.40. The summed E-state index contributed by atoms with van der Waals surface area (Å²) in [5.41, 5.74) is 3.35. The van der Waals surface area contributed by atoms with Crippen LogP contribution in [0, 0.1) is 13.8 Å². The van der Waals surface area contributed by atoms with Crippen molar-refractivity contribution in [1.82, 2.24) is 23.8 Å². The van der Waals surface area contributed by atoms with Gasteiger partial charge in [0.1, 0.15) is 17.1 Å². The van der Waals surface area contributed by atoms with Crippen LogP contribution in [0.1, 0.15) is 54.7 Å². The van der Waals surface area contributed by atoms with Crippen molar-refractivity contribution in [3.63, 3.8) is 0 Å². The molecule has 1 unspecified atom stereocenters. The molecule has 1 saturated heterocycles. The molecule has 3 aromatic heterocycles. The number of pyridine rings is 1. The predicted octanol–water partition coefficient (Wildman–Crippen LogP) is 4.84. The van der Waals surface area contributed by atoms with Crippen LogP contribution >= 0.6 is 0 Å². The first-order chi connectivity index (χ1) is 18.9. The molecule has 1 atom stereocenters. The zero-order chi connectivity index (χ0) is 27.5. The second-order valence-corrected chi connectivity index (χ2v) is 9.85. The summed E-state index contributed by atoms with van der Waals surface area (Å²) in [5.74, 6) is -0.967. The minimum absolute atomic E-state index is 0.0394. The summed E-state index contributed by atoms with van der Waals surface area (Å²) in [4.78, 5) is 37.2. The largest absolute Gasteiger partial charge is 0.505 e. The van der Waals surface area contributed by atoms with Gasteiger partial charge in [-0.1, -0.05) is 31.5 Å². The highest BCUT2D eigenvalue weighted by molar-refractivity contribution is 6.46. The predicted molar refractivity (Wildman–Crippen MR) is 147 cm³/mol. The molecule has 1 N–H and O–H groups in total. The zero-order valence-corrected chi connectivity index (χ0v) is 22.5. The number of fused-ring (bicyclic) bond motifs is 1. The number of aliphatic hydroxyl groups excluding tert-OH is 1. The average molecular weight is 528 g/mol. The van der Waals surface area contributed by atoms with Crippen LogP contribution in [-0.4, -0.2) is 53.8 Å². The molecule has 0 bridgehead atoms. The third kappa shape index (κ3) is 5.04. The number of ketones is 1. The second-order valence-electron chi connectivity index (χ2n) is 9.85. The Morgan fingerprint density at radius 1 is 1.08 bits per heavy atom. The van der Waals surface area contributed by atoms with Gasteiger partial charge in [0.15, 0.2) is 5.76 Å². The van der Waals surface area contributed by atoms with E-state index in [1.165, 1.54) is 0 Å². The number of nitrogens with zero attached hydrogens (tertiary/aromatic N) is 5. The van der Waals surface area contributed by atoms with Gasteiger partial charge in [0.2, 0.25) is 0 Å². The number of hydrogen-bond acceptors (Lipinski definition) is 6. The Bertz CT molecular complexity index is 1540. The molecule has 9 heteroatoms. The van der Waals surface area contributed by atoms with E-state index in [9.17, 15) is 14.7 Å². The van der Waals surface area contributed by atoms with Crippen LogP contribution in [0.5, 0.6) is 5.75 Å². The number of imidazole rings is 2. The maximum absolute atomic E-state index is 13.5. The number of aryl methyl sites for hydroxylation is 3. The van der Waals surface area contributed by atoms with Gasteiger partial charge < -0.3 is 23.7 Å². The van der Waals surface area contributed by atoms with Gasteiger partial charge >= 0.3 is 0 Å². The molecule has 39 heavy (non-hydrogen) atoms. The van der Waals surface area contributed by atoms with Crippen molar-refractivity contribution in [3.8, 4) is 5.75 Å². The number of Topliss-reactive ketones (excluding diaryl/α,β-unsaturated/α-hetero) is 1. The van der Waals surface area contributed by atoms with E-state index in [1.807, 2.05) is 71.6 Å². The number of carbonyl (C=O) groups excluding carboxylic acids is 2. The first-order valence-corrected chi connectivity index (χ1v) is 13.3. The van der Waals surface area contributed by atoms with Gasteiger partial charge in [0, 0.05) is 31.7 Å². The Morgan fingerprint density at radius 3 is 2.67 bits per heavy atom. The summed E-state index contributed by atoms with van der Waals surface area (Å²) in [5, 5.41) is 11.6. The molecule has 4 heterocycles. The quantitative estimate of drug-likeness (QED) is 0.137. The van der Waals surface area contributed by atoms with Crippen molar-refractivity contribution >= 4 is 23.1 Å². The maximum atomic E-state index is 13.5. The van der Waals surface area contributed by atoms with E-state index in [4.69, 9.17) is 4.74 Å². The SMILES string of the molecule is CCCCOc1cccc(C2C(=C(O)c3nc4c(C)cccn4c3C)C(=O)C(=O)N2CCCn2ccnc2)c1. The van der Waals surface area contributed by atoms with Gasteiger partial charge in [0.05, 0.1) is 30.2 Å². The molecule has 1 aliphatic heterocycles. The standard InChI is InChI=1S/C30H33N5O4/c1-4-5-17-39-23-11-6-10-22(18-23)26-24(27(36)25-21(3)34-14-7-9-20(2)29(34)32-25)28(37)30(38)35(26)15-8-13-33-16-12-31-19-33/h6-7,9-12,14,16,18-19,26,36H,4-5,8,13,15,17H2,1-3H3. The van der Waals surface area contributed by atoms with E-state index in [0.717, 1.165) is 18.4 Å². The second kappa shape index (κ2) is 11.1. The fourth-order valence-corrected chi connectivity index (χ4v) is 5.08. The van der Waals surface area contributed by atoms with Crippen LogP contribution in [-0.2, 0) is 16.1 Å². The minimum Gasteiger partial charge on any atom is -0.505 e. The highest BCUT2D eigenvalue weighted by Gasteiger charge is 2.46. The third-order valence-corrected chi connectivity index (χ3v) is 7.16. The van der Waals surface area contributed by atoms with E-state index in [1.54, 1.807) is 17.4 Å². The number of ether oxygens (including phenoxy) is 1. The normalized spacial score (nSPS) is 16.9. The van der Waals surface area contributed by atoms with Crippen LogP contribution in [0.15, 0.2) is 66.9 Å². The van der Waals surface area contributed by atoms with Crippen molar-refractivity contribution in [3.05, 3.63) is 89.4 Å². The molecule has 0 spiro atoms. The van der Waals surface area contributed by atoms with Gasteiger partial charge in [-0.3, -0.25) is 9.59 Å². The molecule has 0 saturated carbocycles. The summed E-state index contributed by atoms with van der Waals surface area (Å²) >= 11 is 0. The molecule has 1 aromatic carbocycles. The minimum atomic E-state index is -0.771. The van der Waals surface area contributed by atoms with Crippen molar-refractivity contribution in [1.29, 1.82) is 0 Å². The molecular formula is C30H33N5O4. The monoisotopic (exact) mass is 527 g/mol. The Kier molecular flexibility index (Phi) is 7.49. The van der Waals surface area contributed by atoms with Gasteiger partial charge in [-0.15, -0.1) is 0 Å². The number of amides is 1. The van der Waals surface area contributed by atoms with E-state index in [-0.39, 0.29) is 11.3 Å². The summed E-state index contributed by atoms with van der Waals surface area (Å²) in [6.07, 6.45) is 9.69. The van der Waals surface area contributed by atoms with Crippen LogP contribution in [0.3, 0.4) is 0 Å². The van der Waals surface area contributed by atoms with E-state index in [2.05, 4.69) is 16.9 Å². The number of hydrogen-bond donors (Lipinski definition) is 1. The molecule has 1 amide bonds. The first-order valence-electron chi connectivity index (χ1n) is 13.3. The molecule has 4 aromatic rings.